The van der Waals surface area contributed by atoms with Crippen LogP contribution in [0.15, 0.2) is 36.4 Å². The van der Waals surface area contributed by atoms with E-state index in [1.807, 2.05) is 36.1 Å². The summed E-state index contributed by atoms with van der Waals surface area (Å²) in [5, 5.41) is 13.7. The number of benzene rings is 1. The smallest absolute Gasteiger partial charge is 0.355 e. The van der Waals surface area contributed by atoms with Crippen molar-refractivity contribution in [2.24, 2.45) is 5.92 Å². The molecule has 4 rings (SSSR count). The van der Waals surface area contributed by atoms with E-state index in [2.05, 4.69) is 20.6 Å². The Labute approximate surface area is 164 Å². The van der Waals surface area contributed by atoms with E-state index >= 15 is 0 Å². The van der Waals surface area contributed by atoms with Crippen molar-refractivity contribution in [3.63, 3.8) is 0 Å². The molecule has 3 heterocycles. The van der Waals surface area contributed by atoms with Gasteiger partial charge in [-0.3, -0.25) is 4.79 Å². The Bertz CT molecular complexity index is 1020. The number of piperidine rings is 1. The molecule has 0 unspecified atom stereocenters. The van der Waals surface area contributed by atoms with E-state index in [0.29, 0.717) is 36.3 Å². The van der Waals surface area contributed by atoms with Crippen molar-refractivity contribution in [2.45, 2.75) is 25.9 Å². The first-order chi connectivity index (χ1) is 13.8. The second-order valence-electron chi connectivity index (χ2n) is 7.10. The average Bonchev–Trinajstić information content (AvgIpc) is 3.13. The summed E-state index contributed by atoms with van der Waals surface area (Å²) in [5.41, 5.74) is 1.90. The summed E-state index contributed by atoms with van der Waals surface area (Å²) < 4.78 is 39.8. The van der Waals surface area contributed by atoms with Gasteiger partial charge in [0, 0.05) is 24.7 Å². The van der Waals surface area contributed by atoms with Gasteiger partial charge in [0.25, 0.3) is 5.82 Å². The highest BCUT2D eigenvalue weighted by Gasteiger charge is 2.38. The number of carbonyl (C=O) groups is 1. The number of nitrogens with zero attached hydrogens (tertiary/aromatic N) is 5. The van der Waals surface area contributed by atoms with Gasteiger partial charge < -0.3 is 10.2 Å². The highest BCUT2D eigenvalue weighted by molar-refractivity contribution is 5.92. The summed E-state index contributed by atoms with van der Waals surface area (Å²) >= 11 is 0. The molecule has 1 amide bonds. The first-order valence-corrected chi connectivity index (χ1v) is 9.23. The van der Waals surface area contributed by atoms with E-state index in [4.69, 9.17) is 0 Å². The fraction of sp³-hybridized carbons (Fsp3) is 0.368. The molecule has 0 saturated carbocycles. The molecule has 0 spiro atoms. The molecule has 3 aromatic rings. The lowest BCUT2D eigenvalue weighted by Gasteiger charge is -2.32. The van der Waals surface area contributed by atoms with Gasteiger partial charge in [-0.1, -0.05) is 17.7 Å². The minimum atomic E-state index is -4.63. The van der Waals surface area contributed by atoms with Crippen LogP contribution < -0.4 is 10.2 Å². The summed E-state index contributed by atoms with van der Waals surface area (Å²) in [7, 11) is 0. The molecule has 1 fully saturated rings. The molecule has 1 aromatic carbocycles. The second kappa shape index (κ2) is 7.34. The summed E-state index contributed by atoms with van der Waals surface area (Å²) in [4.78, 5) is 14.4. The molecule has 152 valence electrons. The third kappa shape index (κ3) is 4.01. The molecule has 29 heavy (non-hydrogen) atoms. The number of aromatic nitrogens is 4. The minimum Gasteiger partial charge on any atom is -0.355 e. The Balaban J connectivity index is 1.42. The van der Waals surface area contributed by atoms with Crippen LogP contribution in [-0.4, -0.2) is 38.8 Å². The summed E-state index contributed by atoms with van der Waals surface area (Å²) in [5.74, 6) is -0.950. The van der Waals surface area contributed by atoms with Crippen LogP contribution in [0.25, 0.3) is 5.65 Å². The van der Waals surface area contributed by atoms with Gasteiger partial charge in [0.1, 0.15) is 5.82 Å². The van der Waals surface area contributed by atoms with Crippen molar-refractivity contribution < 1.29 is 18.0 Å². The van der Waals surface area contributed by atoms with Crippen LogP contribution in [0.3, 0.4) is 0 Å². The van der Waals surface area contributed by atoms with Crippen molar-refractivity contribution in [1.29, 1.82) is 0 Å². The molecule has 2 aromatic heterocycles. The van der Waals surface area contributed by atoms with Crippen LogP contribution in [0.2, 0.25) is 0 Å². The first-order valence-electron chi connectivity index (χ1n) is 9.23. The monoisotopic (exact) mass is 404 g/mol. The largest absolute Gasteiger partial charge is 0.453 e. The summed E-state index contributed by atoms with van der Waals surface area (Å²) in [6.07, 6.45) is -3.45. The number of hydrogen-bond donors (Lipinski definition) is 1. The number of alkyl halides is 3. The highest BCUT2D eigenvalue weighted by atomic mass is 19.4. The highest BCUT2D eigenvalue weighted by Crippen LogP contribution is 2.29. The number of carbonyl (C=O) groups excluding carboxylic acids is 1. The number of hydrogen-bond acceptors (Lipinski definition) is 5. The van der Waals surface area contributed by atoms with E-state index in [0.717, 1.165) is 11.3 Å². The van der Waals surface area contributed by atoms with E-state index in [1.54, 1.807) is 6.07 Å². The zero-order chi connectivity index (χ0) is 20.6. The molecule has 0 radical (unpaired) electrons. The van der Waals surface area contributed by atoms with Gasteiger partial charge in [-0.2, -0.15) is 17.7 Å². The van der Waals surface area contributed by atoms with Gasteiger partial charge in [-0.25, -0.2) is 0 Å². The van der Waals surface area contributed by atoms with Gasteiger partial charge in [0.05, 0.1) is 0 Å². The summed E-state index contributed by atoms with van der Waals surface area (Å²) in [6, 6.07) is 10.7. The van der Waals surface area contributed by atoms with E-state index in [1.165, 1.54) is 6.07 Å². The maximum atomic E-state index is 13.0. The van der Waals surface area contributed by atoms with Crippen molar-refractivity contribution in [3.05, 3.63) is 47.8 Å². The van der Waals surface area contributed by atoms with Gasteiger partial charge in [0.15, 0.2) is 5.65 Å². The Morgan fingerprint density at radius 1 is 1.07 bits per heavy atom. The normalized spacial score (nSPS) is 15.7. The molecule has 0 atom stereocenters. The number of anilines is 2. The number of amides is 1. The van der Waals surface area contributed by atoms with Crippen LogP contribution >= 0.6 is 0 Å². The molecule has 1 saturated heterocycles. The predicted molar refractivity (Wildman–Crippen MR) is 101 cm³/mol. The number of aryl methyl sites for hydroxylation is 1. The number of fused-ring (bicyclic) bond motifs is 1. The fourth-order valence-corrected chi connectivity index (χ4v) is 3.38. The lowest BCUT2D eigenvalue weighted by atomic mass is 9.96. The van der Waals surface area contributed by atoms with Crippen LogP contribution in [0.1, 0.15) is 24.2 Å². The fourth-order valence-electron chi connectivity index (χ4n) is 3.38. The van der Waals surface area contributed by atoms with E-state index in [9.17, 15) is 18.0 Å². The van der Waals surface area contributed by atoms with Gasteiger partial charge in [0.2, 0.25) is 5.91 Å². The van der Waals surface area contributed by atoms with Crippen LogP contribution in [0.4, 0.5) is 24.7 Å². The summed E-state index contributed by atoms with van der Waals surface area (Å²) in [6.45, 7) is 3.02. The average molecular weight is 404 g/mol. The van der Waals surface area contributed by atoms with Gasteiger partial charge in [-0.05, 0) is 44.0 Å². The quantitative estimate of drug-likeness (QED) is 0.725. The lowest BCUT2D eigenvalue weighted by molar-refractivity contribution is -0.146. The number of nitrogens with one attached hydrogen (secondary N) is 1. The molecule has 1 N–H and O–H groups in total. The Hall–Kier alpha value is -3.17. The predicted octanol–water partition coefficient (Wildman–Crippen LogP) is 3.31. The zero-order valence-electron chi connectivity index (χ0n) is 15.6. The molecular weight excluding hydrogens is 385 g/mol. The third-order valence-electron chi connectivity index (χ3n) is 5.01. The zero-order valence-corrected chi connectivity index (χ0v) is 15.6. The Kier molecular flexibility index (Phi) is 4.85. The molecule has 10 heteroatoms. The van der Waals surface area contributed by atoms with Crippen molar-refractivity contribution in [1.82, 2.24) is 19.8 Å². The number of rotatable bonds is 3. The molecule has 0 aliphatic carbocycles. The Morgan fingerprint density at radius 2 is 1.76 bits per heavy atom. The standard InChI is InChI=1S/C19H19F3N6O/c1-12-2-4-14(5-3-12)23-17(29)13-8-10-27(11-9-13)16-7-6-15-24-25-18(19(20,21)22)28(15)26-16/h2-7,13H,8-11H2,1H3,(H,23,29). The first kappa shape index (κ1) is 19.2. The van der Waals surface area contributed by atoms with Crippen LogP contribution in [0, 0.1) is 12.8 Å². The number of halogens is 3. The SMILES string of the molecule is Cc1ccc(NC(=O)C2CCN(c3ccc4nnc(C(F)(F)F)n4n3)CC2)cc1. The minimum absolute atomic E-state index is 0.0356. The molecule has 0 bridgehead atoms. The van der Waals surface area contributed by atoms with Crippen molar-refractivity contribution in [2.75, 3.05) is 23.3 Å². The van der Waals surface area contributed by atoms with E-state index < -0.39 is 12.0 Å². The van der Waals surface area contributed by atoms with Crippen LogP contribution in [0.5, 0.6) is 0 Å². The molecule has 1 aliphatic heterocycles. The molecule has 7 nitrogen and oxygen atoms in total. The van der Waals surface area contributed by atoms with Crippen LogP contribution in [-0.2, 0) is 11.0 Å². The van der Waals surface area contributed by atoms with Crippen molar-refractivity contribution in [3.8, 4) is 0 Å². The van der Waals surface area contributed by atoms with Crippen molar-refractivity contribution >= 4 is 23.1 Å². The molecular formula is C19H19F3N6O. The Morgan fingerprint density at radius 3 is 2.41 bits per heavy atom. The van der Waals surface area contributed by atoms with E-state index in [-0.39, 0.29) is 17.5 Å². The maximum absolute atomic E-state index is 13.0. The maximum Gasteiger partial charge on any atom is 0.453 e. The van der Waals surface area contributed by atoms with Gasteiger partial charge in [-0.15, -0.1) is 15.3 Å². The third-order valence-corrected chi connectivity index (χ3v) is 5.01. The topological polar surface area (TPSA) is 75.4 Å². The lowest BCUT2D eigenvalue weighted by Crippen LogP contribution is -2.38. The molecule has 1 aliphatic rings. The van der Waals surface area contributed by atoms with Gasteiger partial charge >= 0.3 is 6.18 Å². The second-order valence-corrected chi connectivity index (χ2v) is 7.10.